The van der Waals surface area contributed by atoms with E-state index in [1.807, 2.05) is 65.2 Å². The van der Waals surface area contributed by atoms with Crippen molar-refractivity contribution < 1.29 is 51.6 Å². The van der Waals surface area contributed by atoms with Crippen molar-refractivity contribution in [2.24, 2.45) is 0 Å². The maximum atomic E-state index is 6.89. The minimum atomic E-state index is 0. The number of hydrogen-bond acceptors (Lipinski definition) is 7. The number of aryl methyl sites for hydroxylation is 2. The van der Waals surface area contributed by atoms with Crippen molar-refractivity contribution in [2.75, 3.05) is 0 Å². The molecule has 0 aliphatic carbocycles. The van der Waals surface area contributed by atoms with Gasteiger partial charge in [0, 0.05) is 35.4 Å². The van der Waals surface area contributed by atoms with Gasteiger partial charge in [0.1, 0.15) is 12.7 Å². The number of fused-ring (bicyclic) bond motifs is 3. The molecule has 4 aromatic heterocycles. The minimum absolute atomic E-state index is 0. The Kier molecular flexibility index (Phi) is 14.0. The molecule has 8 nitrogen and oxygen atoms in total. The van der Waals surface area contributed by atoms with Gasteiger partial charge in [-0.1, -0.05) is 174 Å². The molecule has 0 amide bonds. The molecule has 0 atom stereocenters. The first-order valence-corrected chi connectivity index (χ1v) is 22.4. The number of rotatable bonds is 9. The van der Waals surface area contributed by atoms with Gasteiger partial charge in [0.25, 0.3) is 0 Å². The molecule has 346 valence electrons. The molecule has 10 rings (SSSR count). The zero-order valence-corrected chi connectivity index (χ0v) is 44.0. The summed E-state index contributed by atoms with van der Waals surface area (Å²) in [5, 5.41) is 1.82. The Morgan fingerprint density at radius 2 is 0.899 bits per heavy atom. The molecule has 69 heavy (non-hydrogen) atoms. The van der Waals surface area contributed by atoms with Gasteiger partial charge in [0.05, 0.1) is 0 Å². The second kappa shape index (κ2) is 19.8. The summed E-state index contributed by atoms with van der Waals surface area (Å²) in [5.74, 6) is 2.50. The van der Waals surface area contributed by atoms with Gasteiger partial charge in [-0.05, 0) is 45.5 Å². The summed E-state index contributed by atoms with van der Waals surface area (Å²) in [7, 11) is 0. The van der Waals surface area contributed by atoms with Crippen LogP contribution in [-0.2, 0) is 53.0 Å². The number of ether oxygens (including phenoxy) is 2. The smallest absolute Gasteiger partial charge is 0.502 e. The van der Waals surface area contributed by atoms with Crippen LogP contribution in [0.1, 0.15) is 63.8 Å². The zero-order valence-electron chi connectivity index (χ0n) is 39.5. The third-order valence-electron chi connectivity index (χ3n) is 12.1. The summed E-state index contributed by atoms with van der Waals surface area (Å²) in [6, 6.07) is 55.6. The van der Waals surface area contributed by atoms with E-state index < -0.39 is 0 Å². The first-order chi connectivity index (χ1) is 32.3. The van der Waals surface area contributed by atoms with E-state index in [1.165, 1.54) is 23.8 Å². The van der Waals surface area contributed by atoms with Gasteiger partial charge in [-0.25, -0.2) is 15.0 Å². The van der Waals surface area contributed by atoms with Crippen molar-refractivity contribution in [3.8, 4) is 73.7 Å². The maximum Gasteiger partial charge on any atom is 2.00 e. The van der Waals surface area contributed by atoms with E-state index in [2.05, 4.69) is 165 Å². The van der Waals surface area contributed by atoms with Crippen molar-refractivity contribution >= 4 is 21.8 Å². The standard InChI is InChI=1S/C59H48N6O2.2Pt/c1-37-29-41(49-13-9-11-27-61-49)31-53(55(37)39-15-19-43(20-16-39)58(3,4)5)66-45-23-25-47-48-26-24-46(34-52(48)65(51(47)33-45)57-63-35-60-36-64-57)67-54-32-42(50-14-10-12-28-62-50)30-38(2)56(54)40-17-21-44(22-18-40)59(6,7)8;;/h9-30,35-36H,1-8H3;;/q-4;2*+2. The minimum Gasteiger partial charge on any atom is -0.502 e. The largest absolute Gasteiger partial charge is 2.00 e. The SMILES string of the molecule is Cc1cc(-c2ccccn2)[c-]c(Oc2[c-]c3c(cc2)c2ccc(Oc4[c-]c(-c5ccccn5)cc(C)c4-c4ccc(C(C)(C)C)cc4)[c-]c2n3-c2ncncn2)c1-c1ccc(C(C)(C)C)cc1.[Pt+2].[Pt+2]. The van der Waals surface area contributed by atoms with Gasteiger partial charge in [-0.2, -0.15) is 22.9 Å². The summed E-state index contributed by atoms with van der Waals surface area (Å²) < 4.78 is 15.7. The first kappa shape index (κ1) is 48.8. The maximum absolute atomic E-state index is 6.89. The van der Waals surface area contributed by atoms with Crippen LogP contribution < -0.4 is 9.47 Å². The third-order valence-corrected chi connectivity index (χ3v) is 12.1. The molecule has 6 aromatic carbocycles. The van der Waals surface area contributed by atoms with Crippen LogP contribution in [0, 0.1) is 38.1 Å². The number of nitrogens with zero attached hydrogens (tertiary/aromatic N) is 6. The summed E-state index contributed by atoms with van der Waals surface area (Å²) in [5.41, 5.74) is 13.1. The third kappa shape index (κ3) is 9.97. The molecule has 4 heterocycles. The zero-order chi connectivity index (χ0) is 46.5. The fourth-order valence-electron chi connectivity index (χ4n) is 8.56. The molecule has 0 aliphatic heterocycles. The number of hydrogen-bond donors (Lipinski definition) is 0. The molecule has 0 saturated carbocycles. The van der Waals surface area contributed by atoms with Crippen LogP contribution >= 0.6 is 0 Å². The summed E-state index contributed by atoms with van der Waals surface area (Å²) in [4.78, 5) is 22.6. The monoisotopic (exact) mass is 1260 g/mol. The quantitative estimate of drug-likeness (QED) is 0.133. The van der Waals surface area contributed by atoms with Crippen LogP contribution in [-0.4, -0.2) is 29.5 Å². The van der Waals surface area contributed by atoms with Crippen molar-refractivity contribution in [1.82, 2.24) is 29.5 Å². The molecule has 0 unspecified atom stereocenters. The molecule has 0 bridgehead atoms. The predicted molar refractivity (Wildman–Crippen MR) is 267 cm³/mol. The second-order valence-corrected chi connectivity index (χ2v) is 18.9. The second-order valence-electron chi connectivity index (χ2n) is 18.9. The van der Waals surface area contributed by atoms with E-state index in [-0.39, 0.29) is 53.0 Å². The molecule has 0 spiro atoms. The summed E-state index contributed by atoms with van der Waals surface area (Å²) in [6.07, 6.45) is 6.54. The Labute approximate surface area is 432 Å². The van der Waals surface area contributed by atoms with E-state index >= 15 is 0 Å². The van der Waals surface area contributed by atoms with Gasteiger partial charge >= 0.3 is 42.1 Å². The van der Waals surface area contributed by atoms with Gasteiger partial charge in [0.15, 0.2) is 0 Å². The van der Waals surface area contributed by atoms with E-state index in [9.17, 15) is 0 Å². The van der Waals surface area contributed by atoms with Crippen molar-refractivity contribution in [1.29, 1.82) is 0 Å². The molecule has 0 aliphatic rings. The number of benzene rings is 6. The van der Waals surface area contributed by atoms with Crippen molar-refractivity contribution in [3.05, 3.63) is 193 Å². The van der Waals surface area contributed by atoms with E-state index in [0.717, 1.165) is 66.7 Å². The summed E-state index contributed by atoms with van der Waals surface area (Å²) in [6.45, 7) is 17.5. The molecule has 0 saturated heterocycles. The predicted octanol–water partition coefficient (Wildman–Crippen LogP) is 14.4. The van der Waals surface area contributed by atoms with Crippen LogP contribution in [0.2, 0.25) is 0 Å². The fraction of sp³-hybridized carbons (Fsp3) is 0.169. The number of pyridine rings is 2. The number of aromatic nitrogens is 6. The molecule has 0 radical (unpaired) electrons. The Bertz CT molecular complexity index is 3210. The Morgan fingerprint density at radius 1 is 0.478 bits per heavy atom. The Balaban J connectivity index is 0.00000321. The van der Waals surface area contributed by atoms with Gasteiger partial charge < -0.3 is 24.0 Å². The topological polar surface area (TPSA) is 87.8 Å². The molecule has 0 fully saturated rings. The Hall–Kier alpha value is -6.59. The van der Waals surface area contributed by atoms with Gasteiger partial charge in [0.2, 0.25) is 5.95 Å². The average molecular weight is 1260 g/mol. The first-order valence-electron chi connectivity index (χ1n) is 22.4. The van der Waals surface area contributed by atoms with E-state index in [1.54, 1.807) is 12.4 Å². The van der Waals surface area contributed by atoms with E-state index in [4.69, 9.17) is 9.47 Å². The van der Waals surface area contributed by atoms with Crippen LogP contribution in [0.5, 0.6) is 23.0 Å². The Morgan fingerprint density at radius 3 is 1.28 bits per heavy atom. The molecular weight excluding hydrogens is 1210 g/mol. The van der Waals surface area contributed by atoms with Crippen LogP contribution in [0.4, 0.5) is 0 Å². The fourth-order valence-corrected chi connectivity index (χ4v) is 8.56. The summed E-state index contributed by atoms with van der Waals surface area (Å²) >= 11 is 0. The van der Waals surface area contributed by atoms with Crippen LogP contribution in [0.25, 0.3) is 72.5 Å². The van der Waals surface area contributed by atoms with E-state index in [0.29, 0.717) is 40.0 Å². The van der Waals surface area contributed by atoms with Crippen molar-refractivity contribution in [2.45, 2.75) is 66.2 Å². The van der Waals surface area contributed by atoms with Crippen molar-refractivity contribution in [3.63, 3.8) is 0 Å². The average Bonchev–Trinajstić information content (AvgIpc) is 3.64. The van der Waals surface area contributed by atoms with Gasteiger partial charge in [-0.15, -0.1) is 58.7 Å². The normalized spacial score (nSPS) is 11.5. The molecule has 0 N–H and O–H groups in total. The van der Waals surface area contributed by atoms with Crippen LogP contribution in [0.15, 0.2) is 146 Å². The molecular formula is C59H48N6O2Pt2. The molecule has 10 aromatic rings. The van der Waals surface area contributed by atoms with Crippen LogP contribution in [0.3, 0.4) is 0 Å². The molecule has 10 heteroatoms. The van der Waals surface area contributed by atoms with Gasteiger partial charge in [-0.3, -0.25) is 0 Å².